The van der Waals surface area contributed by atoms with Crippen LogP contribution in [0.2, 0.25) is 0 Å². The first-order chi connectivity index (χ1) is 11.0. The second-order valence-electron chi connectivity index (χ2n) is 4.94. The SMILES string of the molecule is CC(=O)Nc1ccc(CNC(=O)CNCc2csc(N)n2)cc1. The molecule has 0 saturated heterocycles. The van der Waals surface area contributed by atoms with E-state index >= 15 is 0 Å². The second-order valence-corrected chi connectivity index (χ2v) is 5.83. The maximum Gasteiger partial charge on any atom is 0.234 e. The molecule has 0 aliphatic carbocycles. The van der Waals surface area contributed by atoms with Gasteiger partial charge in [-0.1, -0.05) is 12.1 Å². The molecular formula is C15H19N5O2S. The molecule has 2 rings (SSSR count). The lowest BCUT2D eigenvalue weighted by Gasteiger charge is -2.07. The van der Waals surface area contributed by atoms with Gasteiger partial charge in [0.15, 0.2) is 5.13 Å². The molecule has 1 aromatic heterocycles. The van der Waals surface area contributed by atoms with Gasteiger partial charge in [-0.05, 0) is 17.7 Å². The van der Waals surface area contributed by atoms with Crippen LogP contribution in [0.3, 0.4) is 0 Å². The highest BCUT2D eigenvalue weighted by atomic mass is 32.1. The van der Waals surface area contributed by atoms with E-state index in [1.54, 1.807) is 12.1 Å². The lowest BCUT2D eigenvalue weighted by atomic mass is 10.2. The Morgan fingerprint density at radius 3 is 2.57 bits per heavy atom. The molecule has 0 aliphatic rings. The third-order valence-corrected chi connectivity index (χ3v) is 3.65. The fourth-order valence-corrected chi connectivity index (χ4v) is 2.44. The summed E-state index contributed by atoms with van der Waals surface area (Å²) in [6, 6.07) is 7.32. The van der Waals surface area contributed by atoms with Crippen LogP contribution in [0.15, 0.2) is 29.6 Å². The zero-order chi connectivity index (χ0) is 16.7. The maximum absolute atomic E-state index is 11.8. The normalized spacial score (nSPS) is 10.3. The summed E-state index contributed by atoms with van der Waals surface area (Å²) in [7, 11) is 0. The van der Waals surface area contributed by atoms with Crippen molar-refractivity contribution in [2.24, 2.45) is 0 Å². The molecule has 122 valence electrons. The summed E-state index contributed by atoms with van der Waals surface area (Å²) in [4.78, 5) is 26.8. The number of thiazole rings is 1. The number of nitrogens with zero attached hydrogens (tertiary/aromatic N) is 1. The van der Waals surface area contributed by atoms with Crippen LogP contribution in [0.1, 0.15) is 18.2 Å². The summed E-state index contributed by atoms with van der Waals surface area (Å²) in [5, 5.41) is 10.9. The minimum Gasteiger partial charge on any atom is -0.375 e. The number of nitrogens with one attached hydrogen (secondary N) is 3. The minimum absolute atomic E-state index is 0.0980. The van der Waals surface area contributed by atoms with Gasteiger partial charge >= 0.3 is 0 Å². The van der Waals surface area contributed by atoms with Crippen LogP contribution in [0.5, 0.6) is 0 Å². The molecule has 2 amide bonds. The molecule has 7 nitrogen and oxygen atoms in total. The molecular weight excluding hydrogens is 314 g/mol. The molecule has 1 aromatic carbocycles. The van der Waals surface area contributed by atoms with Crippen LogP contribution in [0.4, 0.5) is 10.8 Å². The zero-order valence-corrected chi connectivity index (χ0v) is 13.6. The number of carbonyl (C=O) groups excluding carboxylic acids is 2. The smallest absolute Gasteiger partial charge is 0.234 e. The second kappa shape index (κ2) is 8.25. The molecule has 0 fully saturated rings. The summed E-state index contributed by atoms with van der Waals surface area (Å²) in [5.41, 5.74) is 8.06. The number of nitrogens with two attached hydrogens (primary N) is 1. The van der Waals surface area contributed by atoms with Gasteiger partial charge in [-0.3, -0.25) is 9.59 Å². The lowest BCUT2D eigenvalue weighted by molar-refractivity contribution is -0.120. The van der Waals surface area contributed by atoms with Crippen molar-refractivity contribution in [1.29, 1.82) is 0 Å². The van der Waals surface area contributed by atoms with E-state index in [2.05, 4.69) is 20.9 Å². The van der Waals surface area contributed by atoms with E-state index < -0.39 is 0 Å². The molecule has 0 aliphatic heterocycles. The van der Waals surface area contributed by atoms with Crippen LogP contribution >= 0.6 is 11.3 Å². The third-order valence-electron chi connectivity index (χ3n) is 2.93. The number of amides is 2. The van der Waals surface area contributed by atoms with Gasteiger partial charge < -0.3 is 21.7 Å². The van der Waals surface area contributed by atoms with E-state index in [4.69, 9.17) is 5.73 Å². The van der Waals surface area contributed by atoms with Crippen molar-refractivity contribution >= 4 is 34.0 Å². The Labute approximate surface area is 138 Å². The molecule has 0 saturated carbocycles. The molecule has 0 spiro atoms. The summed E-state index contributed by atoms with van der Waals surface area (Å²) >= 11 is 1.38. The molecule has 0 atom stereocenters. The first-order valence-electron chi connectivity index (χ1n) is 7.07. The number of hydrogen-bond acceptors (Lipinski definition) is 6. The van der Waals surface area contributed by atoms with Crippen LogP contribution in [0, 0.1) is 0 Å². The number of nitrogen functional groups attached to an aromatic ring is 1. The van der Waals surface area contributed by atoms with Crippen molar-refractivity contribution in [3.05, 3.63) is 40.9 Å². The van der Waals surface area contributed by atoms with E-state index in [9.17, 15) is 9.59 Å². The summed E-state index contributed by atoms with van der Waals surface area (Å²) in [6.07, 6.45) is 0. The quantitative estimate of drug-likeness (QED) is 0.606. The molecule has 2 aromatic rings. The van der Waals surface area contributed by atoms with Crippen molar-refractivity contribution < 1.29 is 9.59 Å². The number of aromatic nitrogens is 1. The Hall–Kier alpha value is -2.45. The number of anilines is 2. The minimum atomic E-state index is -0.112. The highest BCUT2D eigenvalue weighted by Gasteiger charge is 2.03. The maximum atomic E-state index is 11.8. The molecule has 1 heterocycles. The predicted molar refractivity (Wildman–Crippen MR) is 90.8 cm³/mol. The van der Waals surface area contributed by atoms with Crippen molar-refractivity contribution in [2.75, 3.05) is 17.6 Å². The van der Waals surface area contributed by atoms with E-state index in [0.717, 1.165) is 16.9 Å². The van der Waals surface area contributed by atoms with E-state index in [0.29, 0.717) is 18.2 Å². The topological polar surface area (TPSA) is 109 Å². The van der Waals surface area contributed by atoms with Crippen LogP contribution in [-0.4, -0.2) is 23.3 Å². The average molecular weight is 333 g/mol. The van der Waals surface area contributed by atoms with E-state index in [-0.39, 0.29) is 18.4 Å². The molecule has 0 bridgehead atoms. The molecule has 23 heavy (non-hydrogen) atoms. The van der Waals surface area contributed by atoms with Gasteiger partial charge in [0.05, 0.1) is 12.2 Å². The third kappa shape index (κ3) is 6.05. The first kappa shape index (κ1) is 16.9. The van der Waals surface area contributed by atoms with Gasteiger partial charge in [0.1, 0.15) is 0 Å². The van der Waals surface area contributed by atoms with Gasteiger partial charge in [-0.2, -0.15) is 0 Å². The molecule has 8 heteroatoms. The lowest BCUT2D eigenvalue weighted by Crippen LogP contribution is -2.33. The van der Waals surface area contributed by atoms with Gasteiger partial charge in [-0.15, -0.1) is 11.3 Å². The van der Waals surface area contributed by atoms with Crippen LogP contribution in [0.25, 0.3) is 0 Å². The van der Waals surface area contributed by atoms with Gasteiger partial charge in [-0.25, -0.2) is 4.98 Å². The Morgan fingerprint density at radius 1 is 1.22 bits per heavy atom. The summed E-state index contributed by atoms with van der Waals surface area (Å²) < 4.78 is 0. The summed E-state index contributed by atoms with van der Waals surface area (Å²) in [5.74, 6) is -0.210. The molecule has 0 unspecified atom stereocenters. The molecule has 0 radical (unpaired) electrons. The highest BCUT2D eigenvalue weighted by Crippen LogP contribution is 2.10. The van der Waals surface area contributed by atoms with Crippen molar-refractivity contribution in [2.45, 2.75) is 20.0 Å². The Bertz CT molecular complexity index is 669. The Balaban J connectivity index is 1.68. The number of benzene rings is 1. The number of hydrogen-bond donors (Lipinski definition) is 4. The first-order valence-corrected chi connectivity index (χ1v) is 7.94. The van der Waals surface area contributed by atoms with E-state index in [1.165, 1.54) is 18.3 Å². The van der Waals surface area contributed by atoms with Crippen molar-refractivity contribution in [1.82, 2.24) is 15.6 Å². The Morgan fingerprint density at radius 2 is 1.96 bits per heavy atom. The standard InChI is InChI=1S/C15H19N5O2S/c1-10(21)19-12-4-2-11(3-5-12)6-18-14(22)8-17-7-13-9-23-15(16)20-13/h2-5,9,17H,6-8H2,1H3,(H2,16,20)(H,18,22)(H,19,21). The van der Waals surface area contributed by atoms with Crippen LogP contribution < -0.4 is 21.7 Å². The number of carbonyl (C=O) groups is 2. The van der Waals surface area contributed by atoms with Gasteiger partial charge in [0, 0.05) is 31.1 Å². The van der Waals surface area contributed by atoms with E-state index in [1.807, 2.05) is 17.5 Å². The van der Waals surface area contributed by atoms with Gasteiger partial charge in [0.25, 0.3) is 0 Å². The van der Waals surface area contributed by atoms with Crippen molar-refractivity contribution in [3.63, 3.8) is 0 Å². The number of rotatable bonds is 7. The largest absolute Gasteiger partial charge is 0.375 e. The Kier molecular flexibility index (Phi) is 6.07. The fourth-order valence-electron chi connectivity index (χ4n) is 1.88. The monoisotopic (exact) mass is 333 g/mol. The van der Waals surface area contributed by atoms with Crippen molar-refractivity contribution in [3.8, 4) is 0 Å². The highest BCUT2D eigenvalue weighted by molar-refractivity contribution is 7.13. The van der Waals surface area contributed by atoms with Crippen LogP contribution in [-0.2, 0) is 22.7 Å². The summed E-state index contributed by atoms with van der Waals surface area (Å²) in [6.45, 7) is 2.61. The fraction of sp³-hybridized carbons (Fsp3) is 0.267. The predicted octanol–water partition coefficient (Wildman–Crippen LogP) is 1.09. The average Bonchev–Trinajstić information content (AvgIpc) is 2.91. The molecule has 5 N–H and O–H groups in total. The van der Waals surface area contributed by atoms with Gasteiger partial charge in [0.2, 0.25) is 11.8 Å². The zero-order valence-electron chi connectivity index (χ0n) is 12.8.